The molecule has 13 heavy (non-hydrogen) atoms. The number of hydrogen-bond donors (Lipinski definition) is 2. The van der Waals surface area contributed by atoms with E-state index >= 15 is 0 Å². The number of rotatable bonds is 3. The van der Waals surface area contributed by atoms with Crippen molar-refractivity contribution in [3.05, 3.63) is 0 Å². The molecule has 0 spiro atoms. The lowest BCUT2D eigenvalue weighted by atomic mass is 10.6. The molecule has 0 aromatic heterocycles. The summed E-state index contributed by atoms with van der Waals surface area (Å²) < 4.78 is 21.9. The molecule has 0 amide bonds. The first-order valence-electron chi connectivity index (χ1n) is 3.90. The van der Waals surface area contributed by atoms with Crippen molar-refractivity contribution in [2.75, 3.05) is 31.1 Å². The van der Waals surface area contributed by atoms with Crippen molar-refractivity contribution in [1.29, 1.82) is 0 Å². The maximum atomic E-state index is 11.0. The summed E-state index contributed by atoms with van der Waals surface area (Å²) in [5, 5.41) is 9.96. The van der Waals surface area contributed by atoms with Crippen LogP contribution in [0.5, 0.6) is 0 Å². The Hall–Kier alpha value is -0.660. The van der Waals surface area contributed by atoms with Crippen LogP contribution in [0.3, 0.4) is 0 Å². The number of hydrazine groups is 1. The zero-order chi connectivity index (χ0) is 9.90. The molecule has 0 aromatic rings. The van der Waals surface area contributed by atoms with Crippen LogP contribution in [-0.4, -0.2) is 55.6 Å². The molecule has 1 rings (SSSR count). The van der Waals surface area contributed by atoms with Crippen LogP contribution < -0.4 is 5.43 Å². The molecule has 0 atom stereocenters. The minimum atomic E-state index is -2.88. The molecule has 7 heteroatoms. The summed E-state index contributed by atoms with van der Waals surface area (Å²) in [6, 6.07) is 0. The van der Waals surface area contributed by atoms with E-state index in [1.165, 1.54) is 0 Å². The van der Waals surface area contributed by atoms with Gasteiger partial charge in [0.1, 0.15) is 6.54 Å². The highest BCUT2D eigenvalue weighted by atomic mass is 32.2. The van der Waals surface area contributed by atoms with Gasteiger partial charge in [-0.3, -0.25) is 4.79 Å². The summed E-state index contributed by atoms with van der Waals surface area (Å²) >= 11 is 0. The second kappa shape index (κ2) is 4.03. The van der Waals surface area contributed by atoms with Crippen molar-refractivity contribution < 1.29 is 18.3 Å². The number of carboxylic acids is 1. The van der Waals surface area contributed by atoms with Gasteiger partial charge in [-0.05, 0) is 0 Å². The molecule has 1 aliphatic rings. The number of carboxylic acid groups (broad SMARTS) is 1. The van der Waals surface area contributed by atoms with Crippen molar-refractivity contribution >= 4 is 15.8 Å². The van der Waals surface area contributed by atoms with E-state index in [-0.39, 0.29) is 18.1 Å². The highest BCUT2D eigenvalue weighted by Gasteiger charge is 2.21. The fourth-order valence-corrected chi connectivity index (χ4v) is 2.25. The van der Waals surface area contributed by atoms with E-state index in [9.17, 15) is 13.2 Å². The van der Waals surface area contributed by atoms with Crippen LogP contribution in [0.1, 0.15) is 0 Å². The highest BCUT2D eigenvalue weighted by molar-refractivity contribution is 7.91. The van der Waals surface area contributed by atoms with Crippen LogP contribution >= 0.6 is 0 Å². The average Bonchev–Trinajstić information content (AvgIpc) is 2.02. The largest absolute Gasteiger partial charge is 0.480 e. The molecule has 1 aliphatic heterocycles. The fourth-order valence-electron chi connectivity index (χ4n) is 1.05. The third-order valence-corrected chi connectivity index (χ3v) is 3.41. The third kappa shape index (κ3) is 3.71. The van der Waals surface area contributed by atoms with E-state index in [0.717, 1.165) is 0 Å². The number of sulfone groups is 1. The van der Waals surface area contributed by atoms with Crippen LogP contribution in [0.15, 0.2) is 0 Å². The Morgan fingerprint density at radius 1 is 1.38 bits per heavy atom. The summed E-state index contributed by atoms with van der Waals surface area (Å²) in [5.41, 5.74) is 2.63. The van der Waals surface area contributed by atoms with Gasteiger partial charge in [0.25, 0.3) is 0 Å². The Bertz CT molecular complexity index is 273. The van der Waals surface area contributed by atoms with Gasteiger partial charge in [-0.2, -0.15) is 0 Å². The topological polar surface area (TPSA) is 86.7 Å². The predicted molar refractivity (Wildman–Crippen MR) is 45.9 cm³/mol. The highest BCUT2D eigenvalue weighted by Crippen LogP contribution is 2.00. The van der Waals surface area contributed by atoms with E-state index in [4.69, 9.17) is 5.11 Å². The van der Waals surface area contributed by atoms with Crippen molar-refractivity contribution in [1.82, 2.24) is 10.4 Å². The van der Waals surface area contributed by atoms with Gasteiger partial charge in [0.05, 0.1) is 11.5 Å². The number of carbonyl (C=O) groups is 1. The summed E-state index contributed by atoms with van der Waals surface area (Å²) in [7, 11) is -2.88. The molecule has 0 aromatic carbocycles. The predicted octanol–water partition coefficient (Wildman–Crippen LogP) is -1.69. The smallest absolute Gasteiger partial charge is 0.318 e. The molecule has 0 bridgehead atoms. The van der Waals surface area contributed by atoms with E-state index in [1.807, 2.05) is 0 Å². The Morgan fingerprint density at radius 2 is 1.92 bits per heavy atom. The van der Waals surface area contributed by atoms with Gasteiger partial charge < -0.3 is 5.11 Å². The third-order valence-electron chi connectivity index (χ3n) is 1.80. The molecule has 0 unspecified atom stereocenters. The number of nitrogens with one attached hydrogen (secondary N) is 1. The molecule has 6 nitrogen and oxygen atoms in total. The SMILES string of the molecule is O=C(O)CNN1CCS(=O)(=O)CC1. The number of aliphatic carboxylic acids is 1. The molecule has 1 heterocycles. The number of nitrogens with zero attached hydrogens (tertiary/aromatic N) is 1. The van der Waals surface area contributed by atoms with Gasteiger partial charge in [0.2, 0.25) is 0 Å². The molecule has 0 aliphatic carbocycles. The Labute approximate surface area is 76.4 Å². The second-order valence-corrected chi connectivity index (χ2v) is 5.17. The summed E-state index contributed by atoms with van der Waals surface area (Å²) in [6.07, 6.45) is 0. The van der Waals surface area contributed by atoms with Crippen LogP contribution in [0.2, 0.25) is 0 Å². The molecule has 1 fully saturated rings. The maximum absolute atomic E-state index is 11.0. The molecule has 2 N–H and O–H groups in total. The first-order valence-corrected chi connectivity index (χ1v) is 5.72. The van der Waals surface area contributed by atoms with Crippen LogP contribution in [0.4, 0.5) is 0 Å². The molecule has 0 saturated carbocycles. The maximum Gasteiger partial charge on any atom is 0.318 e. The fraction of sp³-hybridized carbons (Fsp3) is 0.833. The summed E-state index contributed by atoms with van der Waals surface area (Å²) in [4.78, 5) is 10.2. The standard InChI is InChI=1S/C6H12N2O4S/c9-6(10)5-7-8-1-3-13(11,12)4-2-8/h7H,1-5H2,(H,9,10). The van der Waals surface area contributed by atoms with E-state index in [2.05, 4.69) is 5.43 Å². The van der Waals surface area contributed by atoms with Crippen LogP contribution in [0, 0.1) is 0 Å². The lowest BCUT2D eigenvalue weighted by molar-refractivity contribution is -0.136. The molecule has 0 radical (unpaired) electrons. The Balaban J connectivity index is 2.29. The zero-order valence-electron chi connectivity index (χ0n) is 7.06. The number of hydrogen-bond acceptors (Lipinski definition) is 5. The first-order chi connectivity index (χ1) is 5.99. The molecular formula is C6H12N2O4S. The average molecular weight is 208 g/mol. The van der Waals surface area contributed by atoms with Gasteiger partial charge in [-0.25, -0.2) is 18.9 Å². The van der Waals surface area contributed by atoms with Crippen molar-refractivity contribution in [3.63, 3.8) is 0 Å². The van der Waals surface area contributed by atoms with Gasteiger partial charge in [-0.15, -0.1) is 0 Å². The summed E-state index contributed by atoms with van der Waals surface area (Å²) in [5.74, 6) is -0.757. The van der Waals surface area contributed by atoms with E-state index < -0.39 is 15.8 Å². The van der Waals surface area contributed by atoms with Crippen molar-refractivity contribution in [3.8, 4) is 0 Å². The molecule has 1 saturated heterocycles. The van der Waals surface area contributed by atoms with Crippen molar-refractivity contribution in [2.24, 2.45) is 0 Å². The normalized spacial score (nSPS) is 22.8. The van der Waals surface area contributed by atoms with E-state index in [0.29, 0.717) is 13.1 Å². The van der Waals surface area contributed by atoms with Gasteiger partial charge in [0, 0.05) is 13.1 Å². The molecule has 76 valence electrons. The van der Waals surface area contributed by atoms with Crippen LogP contribution in [-0.2, 0) is 14.6 Å². The quantitative estimate of drug-likeness (QED) is 0.575. The minimum absolute atomic E-state index is 0.0968. The van der Waals surface area contributed by atoms with Crippen LogP contribution in [0.25, 0.3) is 0 Å². The van der Waals surface area contributed by atoms with Crippen molar-refractivity contribution in [2.45, 2.75) is 0 Å². The summed E-state index contributed by atoms with van der Waals surface area (Å²) in [6.45, 7) is 0.547. The second-order valence-electron chi connectivity index (χ2n) is 2.87. The van der Waals surface area contributed by atoms with Gasteiger partial charge in [0.15, 0.2) is 9.84 Å². The zero-order valence-corrected chi connectivity index (χ0v) is 7.88. The van der Waals surface area contributed by atoms with Gasteiger partial charge >= 0.3 is 5.97 Å². The monoisotopic (exact) mass is 208 g/mol. The van der Waals surface area contributed by atoms with Gasteiger partial charge in [-0.1, -0.05) is 0 Å². The molecular weight excluding hydrogens is 196 g/mol. The van der Waals surface area contributed by atoms with E-state index in [1.54, 1.807) is 5.01 Å². The lowest BCUT2D eigenvalue weighted by Crippen LogP contribution is -2.49. The lowest BCUT2D eigenvalue weighted by Gasteiger charge is -2.26. The minimum Gasteiger partial charge on any atom is -0.480 e. The Kier molecular flexibility index (Phi) is 3.23. The Morgan fingerprint density at radius 3 is 2.38 bits per heavy atom. The first kappa shape index (κ1) is 10.4.